The van der Waals surface area contributed by atoms with E-state index in [2.05, 4.69) is 98.4 Å². The minimum Gasteiger partial charge on any atom is -0.135 e. The highest BCUT2D eigenvalue weighted by atomic mass is 32.1. The Morgan fingerprint density at radius 2 is 1.57 bits per heavy atom. The lowest BCUT2D eigenvalue weighted by atomic mass is 9.91. The highest BCUT2D eigenvalue weighted by molar-refractivity contribution is 7.20. The van der Waals surface area contributed by atoms with Crippen molar-refractivity contribution in [2.75, 3.05) is 0 Å². The summed E-state index contributed by atoms with van der Waals surface area (Å²) in [5.41, 5.74) is 6.61. The Bertz CT molecular complexity index is 1080. The molecular formula is C27H24S. The zero-order valence-electron chi connectivity index (χ0n) is 16.2. The summed E-state index contributed by atoms with van der Waals surface area (Å²) in [6.45, 7) is 6.11. The summed E-state index contributed by atoms with van der Waals surface area (Å²) < 4.78 is 1.33. The van der Waals surface area contributed by atoms with Crippen molar-refractivity contribution in [3.8, 4) is 0 Å². The predicted molar refractivity (Wildman–Crippen MR) is 125 cm³/mol. The van der Waals surface area contributed by atoms with Crippen LogP contribution in [-0.2, 0) is 6.42 Å². The van der Waals surface area contributed by atoms with Crippen molar-refractivity contribution < 1.29 is 0 Å². The third kappa shape index (κ3) is 3.72. The quantitative estimate of drug-likeness (QED) is 0.235. The molecule has 0 unspecified atom stereocenters. The summed E-state index contributed by atoms with van der Waals surface area (Å²) in [4.78, 5) is 1.33. The summed E-state index contributed by atoms with van der Waals surface area (Å²) in [6, 6.07) is 30.7. The molecule has 0 nitrogen and oxygen atoms in total. The smallest absolute Gasteiger partial charge is 0.0364 e. The molecule has 0 amide bonds. The summed E-state index contributed by atoms with van der Waals surface area (Å²) in [5.74, 6) is 0. The first-order chi connectivity index (χ1) is 13.8. The lowest BCUT2D eigenvalue weighted by Gasteiger charge is -2.15. The van der Waals surface area contributed by atoms with Crippen LogP contribution >= 0.6 is 11.3 Å². The zero-order chi connectivity index (χ0) is 19.3. The van der Waals surface area contributed by atoms with Crippen LogP contribution in [-0.4, -0.2) is 0 Å². The number of fused-ring (bicyclic) bond motifs is 1. The summed E-state index contributed by atoms with van der Waals surface area (Å²) in [5, 5.41) is 1.31. The molecule has 0 aliphatic heterocycles. The van der Waals surface area contributed by atoms with Crippen LogP contribution in [0.15, 0.2) is 97.6 Å². The standard InChI is InChI=1S/C27H24S/c1-3-10-20-15-17-22(18-16-20)27(24(4-2)21-11-6-5-7-12-21)26-19-23-13-8-9-14-25(23)28-26/h3,5-9,11-19H,1,4,10H2,2H3/b27-24+. The molecule has 0 radical (unpaired) electrons. The SMILES string of the molecule is C=CCc1ccc(/C(=C(/CC)c2ccccc2)c2cc3ccccc3s2)cc1. The average Bonchev–Trinajstić information content (AvgIpc) is 3.17. The monoisotopic (exact) mass is 380 g/mol. The first-order valence-corrected chi connectivity index (χ1v) is 10.6. The Morgan fingerprint density at radius 3 is 2.25 bits per heavy atom. The maximum atomic E-state index is 3.86. The number of hydrogen-bond acceptors (Lipinski definition) is 1. The van der Waals surface area contributed by atoms with E-state index in [-0.39, 0.29) is 0 Å². The fourth-order valence-corrected chi connectivity index (χ4v) is 4.87. The Labute approximate surface area is 171 Å². The number of benzene rings is 3. The van der Waals surface area contributed by atoms with Gasteiger partial charge in [-0.2, -0.15) is 0 Å². The molecule has 0 saturated heterocycles. The fraction of sp³-hybridized carbons (Fsp3) is 0.111. The molecule has 0 aliphatic carbocycles. The van der Waals surface area contributed by atoms with Gasteiger partial charge in [0.25, 0.3) is 0 Å². The van der Waals surface area contributed by atoms with Gasteiger partial charge in [-0.3, -0.25) is 0 Å². The maximum absolute atomic E-state index is 3.86. The average molecular weight is 381 g/mol. The van der Waals surface area contributed by atoms with Gasteiger partial charge in [0.15, 0.2) is 0 Å². The molecule has 1 aromatic heterocycles. The van der Waals surface area contributed by atoms with Crippen LogP contribution in [0.25, 0.3) is 21.2 Å². The fourth-order valence-electron chi connectivity index (χ4n) is 3.71. The molecule has 0 fully saturated rings. The minimum atomic E-state index is 0.904. The molecule has 0 aliphatic rings. The number of allylic oxidation sites excluding steroid dienone is 2. The van der Waals surface area contributed by atoms with Crippen LogP contribution < -0.4 is 0 Å². The maximum Gasteiger partial charge on any atom is 0.0364 e. The van der Waals surface area contributed by atoms with E-state index in [1.807, 2.05) is 17.4 Å². The third-order valence-electron chi connectivity index (χ3n) is 5.07. The normalized spacial score (nSPS) is 12.0. The van der Waals surface area contributed by atoms with Gasteiger partial charge in [-0.15, -0.1) is 17.9 Å². The molecule has 28 heavy (non-hydrogen) atoms. The van der Waals surface area contributed by atoms with Gasteiger partial charge in [-0.25, -0.2) is 0 Å². The highest BCUT2D eigenvalue weighted by Crippen LogP contribution is 2.39. The number of hydrogen-bond donors (Lipinski definition) is 0. The number of rotatable bonds is 6. The molecule has 0 bridgehead atoms. The molecule has 138 valence electrons. The summed E-state index contributed by atoms with van der Waals surface area (Å²) >= 11 is 1.88. The highest BCUT2D eigenvalue weighted by Gasteiger charge is 2.15. The van der Waals surface area contributed by atoms with Crippen molar-refractivity contribution in [1.29, 1.82) is 0 Å². The largest absolute Gasteiger partial charge is 0.135 e. The first kappa shape index (κ1) is 18.5. The van der Waals surface area contributed by atoms with Crippen LogP contribution in [0.1, 0.15) is 34.9 Å². The van der Waals surface area contributed by atoms with Crippen molar-refractivity contribution in [1.82, 2.24) is 0 Å². The van der Waals surface area contributed by atoms with E-state index < -0.39 is 0 Å². The van der Waals surface area contributed by atoms with Crippen molar-refractivity contribution in [2.45, 2.75) is 19.8 Å². The molecule has 1 heteroatoms. The Balaban J connectivity index is 1.94. The Kier molecular flexibility index (Phi) is 5.55. The van der Waals surface area contributed by atoms with Crippen LogP contribution in [0.4, 0.5) is 0 Å². The van der Waals surface area contributed by atoms with Crippen LogP contribution in [0.2, 0.25) is 0 Å². The molecule has 0 spiro atoms. The van der Waals surface area contributed by atoms with Gasteiger partial charge in [0.2, 0.25) is 0 Å². The van der Waals surface area contributed by atoms with Crippen molar-refractivity contribution >= 4 is 32.6 Å². The number of thiophene rings is 1. The van der Waals surface area contributed by atoms with Crippen LogP contribution in [0.3, 0.4) is 0 Å². The second kappa shape index (κ2) is 8.41. The van der Waals surface area contributed by atoms with E-state index in [1.54, 1.807) is 0 Å². The van der Waals surface area contributed by atoms with Gasteiger partial charge in [0.05, 0.1) is 0 Å². The van der Waals surface area contributed by atoms with E-state index >= 15 is 0 Å². The van der Waals surface area contributed by atoms with Gasteiger partial charge in [-0.05, 0) is 52.6 Å². The van der Waals surface area contributed by atoms with Gasteiger partial charge >= 0.3 is 0 Å². The van der Waals surface area contributed by atoms with Crippen LogP contribution in [0.5, 0.6) is 0 Å². The lowest BCUT2D eigenvalue weighted by Crippen LogP contribution is -1.93. The van der Waals surface area contributed by atoms with Gasteiger partial charge in [0.1, 0.15) is 0 Å². The summed E-state index contributed by atoms with van der Waals surface area (Å²) in [7, 11) is 0. The van der Waals surface area contributed by atoms with E-state index in [0.717, 1.165) is 12.8 Å². The molecule has 4 rings (SSSR count). The Hall–Kier alpha value is -2.90. The molecule has 0 saturated carbocycles. The third-order valence-corrected chi connectivity index (χ3v) is 6.21. The molecule has 0 atom stereocenters. The van der Waals surface area contributed by atoms with Crippen molar-refractivity contribution in [3.63, 3.8) is 0 Å². The second-order valence-electron chi connectivity index (χ2n) is 6.91. The van der Waals surface area contributed by atoms with E-state index in [9.17, 15) is 0 Å². The lowest BCUT2D eigenvalue weighted by molar-refractivity contribution is 1.24. The van der Waals surface area contributed by atoms with Gasteiger partial charge < -0.3 is 0 Å². The predicted octanol–water partition coefficient (Wildman–Crippen LogP) is 8.00. The van der Waals surface area contributed by atoms with E-state index in [1.165, 1.54) is 42.8 Å². The van der Waals surface area contributed by atoms with E-state index in [4.69, 9.17) is 0 Å². The molecule has 3 aromatic carbocycles. The van der Waals surface area contributed by atoms with Crippen LogP contribution in [0, 0.1) is 0 Å². The molecule has 0 N–H and O–H groups in total. The first-order valence-electron chi connectivity index (χ1n) is 9.78. The zero-order valence-corrected chi connectivity index (χ0v) is 17.0. The topological polar surface area (TPSA) is 0 Å². The second-order valence-corrected chi connectivity index (χ2v) is 8.00. The van der Waals surface area contributed by atoms with Gasteiger partial charge in [0, 0.05) is 15.2 Å². The molecule has 4 aromatic rings. The molecule has 1 heterocycles. The van der Waals surface area contributed by atoms with Gasteiger partial charge in [-0.1, -0.05) is 85.8 Å². The minimum absolute atomic E-state index is 0.904. The summed E-state index contributed by atoms with van der Waals surface area (Å²) in [6.07, 6.45) is 3.85. The van der Waals surface area contributed by atoms with E-state index in [0.29, 0.717) is 0 Å². The molecular weight excluding hydrogens is 356 g/mol. The Morgan fingerprint density at radius 1 is 0.857 bits per heavy atom. The van der Waals surface area contributed by atoms with Crippen molar-refractivity contribution in [2.24, 2.45) is 0 Å². The van der Waals surface area contributed by atoms with Crippen molar-refractivity contribution in [3.05, 3.63) is 119 Å².